The van der Waals surface area contributed by atoms with Crippen molar-refractivity contribution in [3.63, 3.8) is 0 Å². The van der Waals surface area contributed by atoms with E-state index in [4.69, 9.17) is 4.74 Å². The van der Waals surface area contributed by atoms with Gasteiger partial charge in [0.1, 0.15) is 0 Å². The maximum absolute atomic E-state index is 12.6. The number of ketones is 1. The van der Waals surface area contributed by atoms with Crippen molar-refractivity contribution in [3.05, 3.63) is 29.8 Å². The number of hydrogen-bond donors (Lipinski definition) is 0. The molecule has 0 radical (unpaired) electrons. The molecule has 2 aromatic rings. The Labute approximate surface area is 117 Å². The largest absolute Gasteiger partial charge is 0.493 e. The molecule has 20 heavy (non-hydrogen) atoms. The van der Waals surface area contributed by atoms with Gasteiger partial charge in [0.05, 0.1) is 31.6 Å². The van der Waals surface area contributed by atoms with Gasteiger partial charge in [0.25, 0.3) is 0 Å². The lowest BCUT2D eigenvalue weighted by Crippen LogP contribution is -2.21. The van der Waals surface area contributed by atoms with E-state index < -0.39 is 0 Å². The van der Waals surface area contributed by atoms with Crippen molar-refractivity contribution < 1.29 is 9.53 Å². The van der Waals surface area contributed by atoms with E-state index in [1.807, 2.05) is 19.0 Å². The smallest absolute Gasteiger partial charge is 0.218 e. The summed E-state index contributed by atoms with van der Waals surface area (Å²) in [5, 5.41) is 8.25. The second kappa shape index (κ2) is 5.87. The number of methoxy groups -OCH3 is 1. The lowest BCUT2D eigenvalue weighted by molar-refractivity contribution is 0.102. The summed E-state index contributed by atoms with van der Waals surface area (Å²) in [5.74, 6) is 0.351. The van der Waals surface area contributed by atoms with Gasteiger partial charge in [-0.1, -0.05) is 0 Å². The lowest BCUT2D eigenvalue weighted by atomic mass is 10.1. The van der Waals surface area contributed by atoms with Crippen molar-refractivity contribution in [1.82, 2.24) is 24.5 Å². The molecule has 0 saturated carbocycles. The molecule has 0 bridgehead atoms. The molecular weight excluding hydrogens is 258 g/mol. The average Bonchev–Trinajstić information content (AvgIpc) is 3.01. The van der Waals surface area contributed by atoms with Gasteiger partial charge in [-0.2, -0.15) is 10.2 Å². The number of nitrogens with zero attached hydrogens (tertiary/aromatic N) is 5. The first-order valence-electron chi connectivity index (χ1n) is 6.30. The average molecular weight is 277 g/mol. The maximum Gasteiger partial charge on any atom is 0.218 e. The summed E-state index contributed by atoms with van der Waals surface area (Å²) in [6.45, 7) is 1.41. The van der Waals surface area contributed by atoms with Crippen LogP contribution in [-0.2, 0) is 13.6 Å². The zero-order valence-electron chi connectivity index (χ0n) is 12.2. The SMILES string of the molecule is COc1cnn(CCN(C)C)c1C(=O)c1cnn(C)c1. The van der Waals surface area contributed by atoms with Crippen LogP contribution in [0.4, 0.5) is 0 Å². The van der Waals surface area contributed by atoms with E-state index in [1.165, 1.54) is 7.11 Å². The number of aromatic nitrogens is 4. The molecule has 7 heteroatoms. The number of ether oxygens (including phenoxy) is 1. The monoisotopic (exact) mass is 277 g/mol. The minimum atomic E-state index is -0.133. The number of rotatable bonds is 6. The van der Waals surface area contributed by atoms with Gasteiger partial charge in [-0.25, -0.2) is 0 Å². The first kappa shape index (κ1) is 14.3. The highest BCUT2D eigenvalue weighted by Crippen LogP contribution is 2.21. The van der Waals surface area contributed by atoms with Crippen LogP contribution in [0, 0.1) is 0 Å². The number of carbonyl (C=O) groups excluding carboxylic acids is 1. The van der Waals surface area contributed by atoms with Crippen LogP contribution in [0.3, 0.4) is 0 Å². The van der Waals surface area contributed by atoms with Crippen molar-refractivity contribution in [2.24, 2.45) is 7.05 Å². The van der Waals surface area contributed by atoms with Gasteiger partial charge in [-0.3, -0.25) is 14.2 Å². The van der Waals surface area contributed by atoms with Gasteiger partial charge in [0.2, 0.25) is 5.78 Å². The molecule has 0 aliphatic heterocycles. The van der Waals surface area contributed by atoms with Gasteiger partial charge >= 0.3 is 0 Å². The van der Waals surface area contributed by atoms with Crippen LogP contribution in [0.25, 0.3) is 0 Å². The van der Waals surface area contributed by atoms with Crippen molar-refractivity contribution >= 4 is 5.78 Å². The highest BCUT2D eigenvalue weighted by Gasteiger charge is 2.22. The first-order chi connectivity index (χ1) is 9.52. The van der Waals surface area contributed by atoms with Crippen LogP contribution in [0.1, 0.15) is 16.1 Å². The van der Waals surface area contributed by atoms with Gasteiger partial charge in [-0.15, -0.1) is 0 Å². The third-order valence-electron chi connectivity index (χ3n) is 2.97. The first-order valence-corrected chi connectivity index (χ1v) is 6.30. The van der Waals surface area contributed by atoms with E-state index >= 15 is 0 Å². The topological polar surface area (TPSA) is 65.2 Å². The second-order valence-corrected chi connectivity index (χ2v) is 4.82. The van der Waals surface area contributed by atoms with E-state index in [0.29, 0.717) is 23.6 Å². The van der Waals surface area contributed by atoms with E-state index in [1.54, 1.807) is 35.0 Å². The second-order valence-electron chi connectivity index (χ2n) is 4.82. The number of carbonyl (C=O) groups is 1. The van der Waals surface area contributed by atoms with Gasteiger partial charge in [0, 0.05) is 19.8 Å². The molecule has 0 aliphatic carbocycles. The third kappa shape index (κ3) is 2.88. The molecule has 7 nitrogen and oxygen atoms in total. The van der Waals surface area contributed by atoms with Crippen LogP contribution in [-0.4, -0.2) is 58.0 Å². The fourth-order valence-corrected chi connectivity index (χ4v) is 1.89. The molecule has 0 fully saturated rings. The maximum atomic E-state index is 12.6. The van der Waals surface area contributed by atoms with Gasteiger partial charge < -0.3 is 9.64 Å². The lowest BCUT2D eigenvalue weighted by Gasteiger charge is -2.11. The summed E-state index contributed by atoms with van der Waals surface area (Å²) in [6, 6.07) is 0. The Morgan fingerprint density at radius 3 is 2.65 bits per heavy atom. The van der Waals surface area contributed by atoms with Crippen LogP contribution in [0.2, 0.25) is 0 Å². The zero-order valence-corrected chi connectivity index (χ0v) is 12.2. The van der Waals surface area contributed by atoms with Crippen LogP contribution in [0.5, 0.6) is 5.75 Å². The molecular formula is C13H19N5O2. The summed E-state index contributed by atoms with van der Waals surface area (Å²) in [4.78, 5) is 14.6. The Morgan fingerprint density at radius 1 is 1.35 bits per heavy atom. The molecule has 2 heterocycles. The van der Waals surface area contributed by atoms with Crippen LogP contribution < -0.4 is 4.74 Å². The molecule has 2 aromatic heterocycles. The number of hydrogen-bond acceptors (Lipinski definition) is 5. The molecule has 0 saturated heterocycles. The highest BCUT2D eigenvalue weighted by atomic mass is 16.5. The quantitative estimate of drug-likeness (QED) is 0.716. The standard InChI is InChI=1S/C13H19N5O2/c1-16(2)5-6-18-12(11(20-4)8-15-18)13(19)10-7-14-17(3)9-10/h7-9H,5-6H2,1-4H3. The summed E-state index contributed by atoms with van der Waals surface area (Å²) >= 11 is 0. The van der Waals surface area contributed by atoms with Crippen LogP contribution in [0.15, 0.2) is 18.6 Å². The predicted molar refractivity (Wildman–Crippen MR) is 74.0 cm³/mol. The molecule has 0 unspecified atom stereocenters. The number of aryl methyl sites for hydroxylation is 1. The van der Waals surface area contributed by atoms with Crippen LogP contribution >= 0.6 is 0 Å². The van der Waals surface area contributed by atoms with E-state index in [2.05, 4.69) is 10.2 Å². The van der Waals surface area contributed by atoms with Crippen molar-refractivity contribution in [3.8, 4) is 5.75 Å². The van der Waals surface area contributed by atoms with Crippen molar-refractivity contribution in [2.75, 3.05) is 27.7 Å². The molecule has 108 valence electrons. The third-order valence-corrected chi connectivity index (χ3v) is 2.97. The Hall–Kier alpha value is -2.15. The minimum absolute atomic E-state index is 0.133. The Kier molecular flexibility index (Phi) is 4.19. The summed E-state index contributed by atoms with van der Waals surface area (Å²) < 4.78 is 8.51. The molecule has 0 N–H and O–H groups in total. The summed E-state index contributed by atoms with van der Waals surface area (Å²) in [5.41, 5.74) is 0.986. The molecule has 0 aliphatic rings. The zero-order chi connectivity index (χ0) is 14.7. The predicted octanol–water partition coefficient (Wildman–Crippen LogP) is 0.418. The van der Waals surface area contributed by atoms with E-state index in [0.717, 1.165) is 6.54 Å². The summed E-state index contributed by atoms with van der Waals surface area (Å²) in [6.07, 6.45) is 4.80. The Bertz CT molecular complexity index is 600. The van der Waals surface area contributed by atoms with Crippen molar-refractivity contribution in [2.45, 2.75) is 6.54 Å². The van der Waals surface area contributed by atoms with Gasteiger partial charge in [0.15, 0.2) is 11.4 Å². The molecule has 0 aromatic carbocycles. The number of likely N-dealkylation sites (N-methyl/N-ethyl adjacent to an activating group) is 1. The molecule has 0 spiro atoms. The molecule has 0 atom stereocenters. The normalized spacial score (nSPS) is 11.1. The Morgan fingerprint density at radius 2 is 2.10 bits per heavy atom. The molecule has 2 rings (SSSR count). The van der Waals surface area contributed by atoms with E-state index in [-0.39, 0.29) is 5.78 Å². The Balaban J connectivity index is 2.33. The fraction of sp³-hybridized carbons (Fsp3) is 0.462. The molecule has 0 amide bonds. The van der Waals surface area contributed by atoms with Gasteiger partial charge in [-0.05, 0) is 14.1 Å². The fourth-order valence-electron chi connectivity index (χ4n) is 1.89. The van der Waals surface area contributed by atoms with Crippen molar-refractivity contribution in [1.29, 1.82) is 0 Å². The highest BCUT2D eigenvalue weighted by molar-refractivity contribution is 6.09. The van der Waals surface area contributed by atoms with E-state index in [9.17, 15) is 4.79 Å². The summed E-state index contributed by atoms with van der Waals surface area (Å²) in [7, 11) is 7.26. The minimum Gasteiger partial charge on any atom is -0.493 e.